The number of aromatic nitrogens is 1. The van der Waals surface area contributed by atoms with Gasteiger partial charge in [-0.25, -0.2) is 4.98 Å². The van der Waals surface area contributed by atoms with Gasteiger partial charge in [0.2, 0.25) is 0 Å². The second-order valence-electron chi connectivity index (χ2n) is 6.55. The van der Waals surface area contributed by atoms with E-state index in [1.807, 2.05) is 12.1 Å². The van der Waals surface area contributed by atoms with Gasteiger partial charge in [0.15, 0.2) is 0 Å². The first kappa shape index (κ1) is 14.1. The predicted octanol–water partition coefficient (Wildman–Crippen LogP) is 4.95. The van der Waals surface area contributed by atoms with Crippen LogP contribution in [0.4, 0.5) is 0 Å². The molecule has 0 atom stereocenters. The number of hydrogen-bond acceptors (Lipinski definition) is 2. The highest BCUT2D eigenvalue weighted by atomic mass is 28.3. The van der Waals surface area contributed by atoms with Gasteiger partial charge in [0.1, 0.15) is 13.7 Å². The van der Waals surface area contributed by atoms with Crippen LogP contribution in [0.1, 0.15) is 19.5 Å². The van der Waals surface area contributed by atoms with Crippen molar-refractivity contribution >= 4 is 40.9 Å². The molecule has 2 aromatic heterocycles. The molecule has 2 heterocycles. The Morgan fingerprint density at radius 3 is 2.52 bits per heavy atom. The Morgan fingerprint density at radius 2 is 1.86 bits per heavy atom. The lowest BCUT2D eigenvalue weighted by molar-refractivity contribution is 0.651. The van der Waals surface area contributed by atoms with Crippen LogP contribution in [0, 0.1) is 0 Å². The summed E-state index contributed by atoms with van der Waals surface area (Å²) in [5, 5.41) is 3.38. The molecule has 0 spiro atoms. The number of rotatable bonds is 2. The van der Waals surface area contributed by atoms with Crippen molar-refractivity contribution < 1.29 is 4.42 Å². The third-order valence-electron chi connectivity index (χ3n) is 3.91. The standard InChI is InChI=1S/C18H21NOSi/c1-6-12(2)17-14-11-16(21(3,4)5)20-18(14)13-9-7-8-10-15(13)19-17/h6-11H,1-5H3/b12-6+. The summed E-state index contributed by atoms with van der Waals surface area (Å²) in [4.78, 5) is 4.86. The molecule has 3 rings (SSSR count). The molecule has 0 aliphatic carbocycles. The van der Waals surface area contributed by atoms with E-state index in [4.69, 9.17) is 9.40 Å². The lowest BCUT2D eigenvalue weighted by Gasteiger charge is -2.10. The number of nitrogens with zero attached hydrogens (tertiary/aromatic N) is 1. The largest absolute Gasteiger partial charge is 0.465 e. The zero-order valence-corrected chi connectivity index (χ0v) is 14.3. The van der Waals surface area contributed by atoms with E-state index in [1.165, 1.54) is 5.57 Å². The van der Waals surface area contributed by atoms with Gasteiger partial charge in [-0.1, -0.05) is 37.8 Å². The van der Waals surface area contributed by atoms with Gasteiger partial charge in [-0.2, -0.15) is 0 Å². The highest BCUT2D eigenvalue weighted by Crippen LogP contribution is 2.30. The van der Waals surface area contributed by atoms with Crippen molar-refractivity contribution in [1.82, 2.24) is 4.98 Å². The van der Waals surface area contributed by atoms with E-state index in [-0.39, 0.29) is 0 Å². The first-order valence-electron chi connectivity index (χ1n) is 7.38. The van der Waals surface area contributed by atoms with Gasteiger partial charge >= 0.3 is 0 Å². The fraction of sp³-hybridized carbons (Fsp3) is 0.278. The fourth-order valence-corrected chi connectivity index (χ4v) is 3.50. The van der Waals surface area contributed by atoms with Gasteiger partial charge < -0.3 is 4.42 Å². The quantitative estimate of drug-likeness (QED) is 0.625. The molecule has 0 unspecified atom stereocenters. The van der Waals surface area contributed by atoms with Gasteiger partial charge in [-0.05, 0) is 37.6 Å². The van der Waals surface area contributed by atoms with Crippen LogP contribution in [-0.2, 0) is 0 Å². The molecule has 0 saturated heterocycles. The van der Waals surface area contributed by atoms with Crippen LogP contribution in [0.3, 0.4) is 0 Å². The number of allylic oxidation sites excluding steroid dienone is 2. The van der Waals surface area contributed by atoms with Crippen molar-refractivity contribution in [3.8, 4) is 0 Å². The van der Waals surface area contributed by atoms with Gasteiger partial charge in [0, 0.05) is 10.8 Å². The Morgan fingerprint density at radius 1 is 1.14 bits per heavy atom. The molecule has 21 heavy (non-hydrogen) atoms. The summed E-state index contributed by atoms with van der Waals surface area (Å²) in [6.07, 6.45) is 2.11. The van der Waals surface area contributed by atoms with E-state index in [9.17, 15) is 0 Å². The highest BCUT2D eigenvalue weighted by molar-refractivity contribution is 6.87. The van der Waals surface area contributed by atoms with Crippen molar-refractivity contribution in [2.75, 3.05) is 0 Å². The second kappa shape index (κ2) is 4.85. The van der Waals surface area contributed by atoms with Crippen LogP contribution in [0.25, 0.3) is 27.4 Å². The van der Waals surface area contributed by atoms with Crippen LogP contribution >= 0.6 is 0 Å². The van der Waals surface area contributed by atoms with Crippen LogP contribution in [0.5, 0.6) is 0 Å². The van der Waals surface area contributed by atoms with E-state index >= 15 is 0 Å². The lowest BCUT2D eigenvalue weighted by atomic mass is 10.1. The minimum absolute atomic E-state index is 0.981. The molecule has 3 aromatic rings. The number of benzene rings is 1. The molecule has 0 radical (unpaired) electrons. The minimum Gasteiger partial charge on any atom is -0.465 e. The molecule has 0 aliphatic heterocycles. The van der Waals surface area contributed by atoms with Crippen molar-refractivity contribution in [3.63, 3.8) is 0 Å². The number of furan rings is 1. The van der Waals surface area contributed by atoms with Crippen LogP contribution < -0.4 is 5.38 Å². The SMILES string of the molecule is C/C=C(\C)c1nc2ccccc2c2oc([Si](C)(C)C)cc12. The molecule has 2 nitrogen and oxygen atoms in total. The lowest BCUT2D eigenvalue weighted by Crippen LogP contribution is -2.36. The normalized spacial score (nSPS) is 13.3. The molecule has 1 aromatic carbocycles. The average Bonchev–Trinajstić information content (AvgIpc) is 2.91. The van der Waals surface area contributed by atoms with E-state index in [0.29, 0.717) is 0 Å². The van der Waals surface area contributed by atoms with Crippen LogP contribution in [0.15, 0.2) is 40.8 Å². The molecular weight excluding hydrogens is 274 g/mol. The average molecular weight is 295 g/mol. The van der Waals surface area contributed by atoms with Crippen molar-refractivity contribution in [1.29, 1.82) is 0 Å². The second-order valence-corrected chi connectivity index (χ2v) is 11.5. The Labute approximate surface area is 126 Å². The molecule has 3 heteroatoms. The summed E-state index contributed by atoms with van der Waals surface area (Å²) in [7, 11) is -1.49. The summed E-state index contributed by atoms with van der Waals surface area (Å²) < 4.78 is 6.28. The van der Waals surface area contributed by atoms with E-state index < -0.39 is 8.07 Å². The van der Waals surface area contributed by atoms with E-state index in [0.717, 1.165) is 32.9 Å². The first-order valence-corrected chi connectivity index (χ1v) is 10.9. The number of fused-ring (bicyclic) bond motifs is 3. The summed E-state index contributed by atoms with van der Waals surface area (Å²) in [5.74, 6) is 0. The van der Waals surface area contributed by atoms with E-state index in [2.05, 4.69) is 57.8 Å². The molecule has 0 aliphatic rings. The Kier molecular flexibility index (Phi) is 3.25. The maximum atomic E-state index is 6.28. The van der Waals surface area contributed by atoms with Gasteiger partial charge in [0.25, 0.3) is 0 Å². The summed E-state index contributed by atoms with van der Waals surface area (Å²) in [5.41, 5.74) is 4.21. The highest BCUT2D eigenvalue weighted by Gasteiger charge is 2.24. The van der Waals surface area contributed by atoms with Gasteiger partial charge in [-0.15, -0.1) is 0 Å². The summed E-state index contributed by atoms with van der Waals surface area (Å²) in [6, 6.07) is 10.4. The molecule has 0 bridgehead atoms. The minimum atomic E-state index is -1.49. The number of pyridine rings is 1. The third-order valence-corrected chi connectivity index (χ3v) is 5.64. The van der Waals surface area contributed by atoms with Crippen LogP contribution in [0.2, 0.25) is 19.6 Å². The smallest absolute Gasteiger partial charge is 0.145 e. The maximum absolute atomic E-state index is 6.28. The topological polar surface area (TPSA) is 26.0 Å². The molecule has 0 amide bonds. The number of para-hydroxylation sites is 1. The fourth-order valence-electron chi connectivity index (χ4n) is 2.52. The zero-order chi connectivity index (χ0) is 15.2. The first-order chi connectivity index (χ1) is 9.91. The zero-order valence-electron chi connectivity index (χ0n) is 13.3. The van der Waals surface area contributed by atoms with E-state index in [1.54, 1.807) is 0 Å². The Bertz CT molecular complexity index is 853. The predicted molar refractivity (Wildman–Crippen MR) is 93.8 cm³/mol. The number of hydrogen-bond donors (Lipinski definition) is 0. The summed E-state index contributed by atoms with van der Waals surface area (Å²) >= 11 is 0. The van der Waals surface area contributed by atoms with Crippen molar-refractivity contribution in [2.24, 2.45) is 0 Å². The van der Waals surface area contributed by atoms with Crippen LogP contribution in [-0.4, -0.2) is 13.1 Å². The maximum Gasteiger partial charge on any atom is 0.145 e. The molecule has 0 N–H and O–H groups in total. The van der Waals surface area contributed by atoms with Gasteiger partial charge in [0.05, 0.1) is 16.6 Å². The van der Waals surface area contributed by atoms with Gasteiger partial charge in [-0.3, -0.25) is 0 Å². The molecule has 0 fully saturated rings. The van der Waals surface area contributed by atoms with Crippen molar-refractivity contribution in [2.45, 2.75) is 33.5 Å². The third kappa shape index (κ3) is 2.32. The molecule has 108 valence electrons. The Balaban J connectivity index is 2.47. The molecular formula is C18H21NOSi. The van der Waals surface area contributed by atoms with Crippen molar-refractivity contribution in [3.05, 3.63) is 42.1 Å². The Hall–Kier alpha value is -1.87. The monoisotopic (exact) mass is 295 g/mol. The summed E-state index contributed by atoms with van der Waals surface area (Å²) in [6.45, 7) is 11.1. The molecule has 0 saturated carbocycles.